The van der Waals surface area contributed by atoms with Crippen molar-refractivity contribution in [3.05, 3.63) is 57.6 Å². The van der Waals surface area contributed by atoms with Gasteiger partial charge in [0.2, 0.25) is 0 Å². The Morgan fingerprint density at radius 2 is 1.67 bits per heavy atom. The Labute approximate surface area is 168 Å². The number of carbonyl (C=O) groups is 2. The van der Waals surface area contributed by atoms with Crippen LogP contribution in [0.1, 0.15) is 15.9 Å². The van der Waals surface area contributed by atoms with Crippen LogP contribution >= 0.6 is 23.2 Å². The largest absolute Gasteiger partial charge is 0.378 e. The number of halogens is 2. The summed E-state index contributed by atoms with van der Waals surface area (Å²) >= 11 is 11.7. The maximum absolute atomic E-state index is 12.0. The van der Waals surface area contributed by atoms with Crippen LogP contribution in [0.2, 0.25) is 10.0 Å². The Balaban J connectivity index is 1.77. The average Bonchev–Trinajstić information content (AvgIpc) is 2.62. The van der Waals surface area contributed by atoms with E-state index in [1.807, 2.05) is 44.1 Å². The van der Waals surface area contributed by atoms with Crippen LogP contribution in [0.25, 0.3) is 0 Å². The molecule has 0 heterocycles. The normalized spacial score (nSPS) is 10.3. The van der Waals surface area contributed by atoms with Crippen molar-refractivity contribution in [3.8, 4) is 0 Å². The molecule has 0 atom stereocenters. The first kappa shape index (κ1) is 20.9. The molecule has 0 fully saturated rings. The van der Waals surface area contributed by atoms with Crippen molar-refractivity contribution in [2.75, 3.05) is 37.4 Å². The van der Waals surface area contributed by atoms with Gasteiger partial charge in [-0.1, -0.05) is 23.2 Å². The molecule has 0 aliphatic rings. The van der Waals surface area contributed by atoms with Gasteiger partial charge < -0.3 is 20.9 Å². The fourth-order valence-electron chi connectivity index (χ4n) is 2.32. The number of urea groups is 1. The number of hydrogen-bond donors (Lipinski definition) is 3. The van der Waals surface area contributed by atoms with Crippen molar-refractivity contribution in [2.24, 2.45) is 0 Å². The van der Waals surface area contributed by atoms with Crippen molar-refractivity contribution >= 4 is 46.5 Å². The molecule has 2 aromatic carbocycles. The Hall–Kier alpha value is -2.44. The molecule has 6 nitrogen and oxygen atoms in total. The topological polar surface area (TPSA) is 73.5 Å². The van der Waals surface area contributed by atoms with Gasteiger partial charge in [-0.15, -0.1) is 0 Å². The van der Waals surface area contributed by atoms with Crippen LogP contribution in [-0.4, -0.2) is 39.1 Å². The van der Waals surface area contributed by atoms with Crippen molar-refractivity contribution in [1.82, 2.24) is 10.6 Å². The second-order valence-corrected chi connectivity index (χ2v) is 6.97. The second-order valence-electron chi connectivity index (χ2n) is 6.16. The summed E-state index contributed by atoms with van der Waals surface area (Å²) < 4.78 is 0. The van der Waals surface area contributed by atoms with E-state index in [9.17, 15) is 9.59 Å². The van der Waals surface area contributed by atoms with Gasteiger partial charge in [0, 0.05) is 44.1 Å². The molecule has 0 radical (unpaired) electrons. The third-order valence-electron chi connectivity index (χ3n) is 3.85. The smallest absolute Gasteiger partial charge is 0.319 e. The van der Waals surface area contributed by atoms with Crippen molar-refractivity contribution in [3.63, 3.8) is 0 Å². The number of benzene rings is 2. The summed E-state index contributed by atoms with van der Waals surface area (Å²) in [5.74, 6) is -0.286. The van der Waals surface area contributed by atoms with Gasteiger partial charge >= 0.3 is 6.03 Å². The molecule has 3 N–H and O–H groups in total. The molecule has 0 aromatic heterocycles. The molecule has 0 saturated carbocycles. The maximum atomic E-state index is 12.0. The van der Waals surface area contributed by atoms with Crippen LogP contribution in [0.15, 0.2) is 36.4 Å². The van der Waals surface area contributed by atoms with E-state index in [-0.39, 0.29) is 25.0 Å². The first-order chi connectivity index (χ1) is 12.8. The van der Waals surface area contributed by atoms with E-state index >= 15 is 0 Å². The second kappa shape index (κ2) is 9.48. The minimum Gasteiger partial charge on any atom is -0.378 e. The molecule has 8 heteroatoms. The van der Waals surface area contributed by atoms with E-state index in [1.54, 1.807) is 12.1 Å². The molecule has 0 saturated heterocycles. The van der Waals surface area contributed by atoms with Gasteiger partial charge in [0.15, 0.2) is 0 Å². The summed E-state index contributed by atoms with van der Waals surface area (Å²) in [6.45, 7) is 2.50. The van der Waals surface area contributed by atoms with E-state index in [1.165, 1.54) is 6.07 Å². The van der Waals surface area contributed by atoms with E-state index in [2.05, 4.69) is 16.0 Å². The molecule has 0 aliphatic heterocycles. The standard InChI is InChI=1S/C19H22Cl2N4O2/c1-12-10-14(25(2)3)5-7-17(12)24-19(27)23-9-8-22-18(26)13-4-6-15(20)16(21)11-13/h4-7,10-11H,8-9H2,1-3H3,(H,22,26)(H2,23,24,27). The van der Waals surface area contributed by atoms with Gasteiger partial charge in [-0.05, 0) is 48.9 Å². The fraction of sp³-hybridized carbons (Fsp3) is 0.263. The monoisotopic (exact) mass is 408 g/mol. The number of hydrogen-bond acceptors (Lipinski definition) is 3. The Morgan fingerprint density at radius 1 is 0.963 bits per heavy atom. The van der Waals surface area contributed by atoms with E-state index < -0.39 is 0 Å². The van der Waals surface area contributed by atoms with Gasteiger partial charge in [0.05, 0.1) is 10.0 Å². The van der Waals surface area contributed by atoms with Gasteiger partial charge in [-0.25, -0.2) is 4.79 Å². The summed E-state index contributed by atoms with van der Waals surface area (Å²) in [6.07, 6.45) is 0. The number of amides is 3. The quantitative estimate of drug-likeness (QED) is 0.634. The molecule has 3 amide bonds. The summed E-state index contributed by atoms with van der Waals surface area (Å²) in [5, 5.41) is 8.91. The van der Waals surface area contributed by atoms with Crippen LogP contribution < -0.4 is 20.9 Å². The average molecular weight is 409 g/mol. The van der Waals surface area contributed by atoms with Crippen LogP contribution in [-0.2, 0) is 0 Å². The lowest BCUT2D eigenvalue weighted by molar-refractivity contribution is 0.0954. The highest BCUT2D eigenvalue weighted by atomic mass is 35.5. The Kier molecular flexibility index (Phi) is 7.33. The van der Waals surface area contributed by atoms with Crippen LogP contribution in [0.5, 0.6) is 0 Å². The molecule has 0 spiro atoms. The third kappa shape index (κ3) is 6.05. The Bertz CT molecular complexity index is 840. The first-order valence-corrected chi connectivity index (χ1v) is 9.09. The van der Waals surface area contributed by atoms with Gasteiger partial charge in [-0.3, -0.25) is 4.79 Å². The molecule has 0 bridgehead atoms. The number of nitrogens with one attached hydrogen (secondary N) is 3. The highest BCUT2D eigenvalue weighted by molar-refractivity contribution is 6.42. The Morgan fingerprint density at radius 3 is 2.30 bits per heavy atom. The van der Waals surface area contributed by atoms with Crippen molar-refractivity contribution < 1.29 is 9.59 Å². The lowest BCUT2D eigenvalue weighted by Crippen LogP contribution is -2.36. The van der Waals surface area contributed by atoms with E-state index in [0.29, 0.717) is 15.6 Å². The molecule has 27 heavy (non-hydrogen) atoms. The van der Waals surface area contributed by atoms with Gasteiger partial charge in [0.1, 0.15) is 0 Å². The molecule has 2 rings (SSSR count). The SMILES string of the molecule is Cc1cc(N(C)C)ccc1NC(=O)NCCNC(=O)c1ccc(Cl)c(Cl)c1. The predicted molar refractivity (Wildman–Crippen MR) is 111 cm³/mol. The first-order valence-electron chi connectivity index (χ1n) is 8.34. The summed E-state index contributed by atoms with van der Waals surface area (Å²) in [4.78, 5) is 26.0. The minimum absolute atomic E-state index is 0.283. The molecule has 2 aromatic rings. The number of nitrogens with zero attached hydrogens (tertiary/aromatic N) is 1. The molecular weight excluding hydrogens is 387 g/mol. The maximum Gasteiger partial charge on any atom is 0.319 e. The van der Waals surface area contributed by atoms with E-state index in [0.717, 1.165) is 16.9 Å². The zero-order chi connectivity index (χ0) is 20.0. The zero-order valence-corrected chi connectivity index (χ0v) is 16.9. The van der Waals surface area contributed by atoms with Gasteiger partial charge in [-0.2, -0.15) is 0 Å². The molecular formula is C19H22Cl2N4O2. The van der Waals surface area contributed by atoms with Crippen LogP contribution in [0, 0.1) is 6.92 Å². The van der Waals surface area contributed by atoms with Crippen LogP contribution in [0.3, 0.4) is 0 Å². The number of anilines is 2. The number of rotatable bonds is 6. The molecule has 0 unspecified atom stereocenters. The summed E-state index contributed by atoms with van der Waals surface area (Å²) in [7, 11) is 3.92. The molecule has 144 valence electrons. The number of aryl methyl sites for hydroxylation is 1. The lowest BCUT2D eigenvalue weighted by Gasteiger charge is -2.16. The summed E-state index contributed by atoms with van der Waals surface area (Å²) in [5.41, 5.74) is 3.16. The lowest BCUT2D eigenvalue weighted by atomic mass is 10.1. The molecule has 0 aliphatic carbocycles. The highest BCUT2D eigenvalue weighted by Gasteiger charge is 2.09. The number of carbonyl (C=O) groups excluding carboxylic acids is 2. The van der Waals surface area contributed by atoms with E-state index in [4.69, 9.17) is 23.2 Å². The van der Waals surface area contributed by atoms with Gasteiger partial charge in [0.25, 0.3) is 5.91 Å². The summed E-state index contributed by atoms with van der Waals surface area (Å²) in [6, 6.07) is 10.1. The van der Waals surface area contributed by atoms with Crippen LogP contribution in [0.4, 0.5) is 16.2 Å². The highest BCUT2D eigenvalue weighted by Crippen LogP contribution is 2.22. The zero-order valence-electron chi connectivity index (χ0n) is 15.4. The minimum atomic E-state index is -0.334. The van der Waals surface area contributed by atoms with Crippen molar-refractivity contribution in [1.29, 1.82) is 0 Å². The predicted octanol–water partition coefficient (Wildman–Crippen LogP) is 3.92. The van der Waals surface area contributed by atoms with Crippen molar-refractivity contribution in [2.45, 2.75) is 6.92 Å². The fourth-order valence-corrected chi connectivity index (χ4v) is 2.62. The third-order valence-corrected chi connectivity index (χ3v) is 4.59.